The van der Waals surface area contributed by atoms with Gasteiger partial charge in [0.2, 0.25) is 0 Å². The van der Waals surface area contributed by atoms with Gasteiger partial charge in [-0.2, -0.15) is 0 Å². The van der Waals surface area contributed by atoms with Gasteiger partial charge in [-0.1, -0.05) is 46.8 Å². The van der Waals surface area contributed by atoms with Gasteiger partial charge in [-0.05, 0) is 23.2 Å². The Morgan fingerprint density at radius 1 is 1.27 bits per heavy atom. The van der Waals surface area contributed by atoms with E-state index in [9.17, 15) is 0 Å². The predicted octanol–water partition coefficient (Wildman–Crippen LogP) is 3.63. The van der Waals surface area contributed by atoms with Gasteiger partial charge in [-0.25, -0.2) is 0 Å². The van der Waals surface area contributed by atoms with Crippen molar-refractivity contribution in [3.8, 4) is 0 Å². The van der Waals surface area contributed by atoms with Gasteiger partial charge < -0.3 is 0 Å². The molecule has 2 unspecified atom stereocenters. The Morgan fingerprint density at radius 3 is 2.00 bits per heavy atom. The van der Waals surface area contributed by atoms with Crippen LogP contribution in [0.15, 0.2) is 12.2 Å². The SMILES string of the molecule is CCC=CC1(C)C(C)C1(C)C. The fraction of sp³-hybridized carbons (Fsp3) is 0.818. The van der Waals surface area contributed by atoms with Crippen LogP contribution in [-0.2, 0) is 0 Å². The van der Waals surface area contributed by atoms with Crippen molar-refractivity contribution in [1.29, 1.82) is 0 Å². The van der Waals surface area contributed by atoms with E-state index in [1.807, 2.05) is 0 Å². The van der Waals surface area contributed by atoms with Crippen molar-refractivity contribution in [2.45, 2.75) is 41.0 Å². The summed E-state index contributed by atoms with van der Waals surface area (Å²) in [6.45, 7) is 11.6. The van der Waals surface area contributed by atoms with E-state index in [-0.39, 0.29) is 0 Å². The number of allylic oxidation sites excluding steroid dienone is 2. The molecule has 0 bridgehead atoms. The molecule has 1 rings (SSSR count). The first-order valence-electron chi connectivity index (χ1n) is 4.64. The predicted molar refractivity (Wildman–Crippen MR) is 50.5 cm³/mol. The van der Waals surface area contributed by atoms with Crippen LogP contribution >= 0.6 is 0 Å². The highest BCUT2D eigenvalue weighted by Gasteiger charge is 2.63. The molecule has 64 valence electrons. The van der Waals surface area contributed by atoms with Crippen LogP contribution < -0.4 is 0 Å². The van der Waals surface area contributed by atoms with Crippen LogP contribution in [0.1, 0.15) is 41.0 Å². The minimum Gasteiger partial charge on any atom is -0.0882 e. The molecule has 2 atom stereocenters. The lowest BCUT2D eigenvalue weighted by molar-refractivity contribution is 0.499. The summed E-state index contributed by atoms with van der Waals surface area (Å²) in [5.74, 6) is 0.845. The molecule has 0 radical (unpaired) electrons. The minimum atomic E-state index is 0.475. The molecule has 1 aliphatic carbocycles. The molecular formula is C11H20. The van der Waals surface area contributed by atoms with Crippen LogP contribution in [0.4, 0.5) is 0 Å². The summed E-state index contributed by atoms with van der Waals surface area (Å²) in [6.07, 6.45) is 5.86. The maximum Gasteiger partial charge on any atom is -0.00615 e. The first-order chi connectivity index (χ1) is 4.97. The molecular weight excluding hydrogens is 132 g/mol. The van der Waals surface area contributed by atoms with E-state index in [0.29, 0.717) is 10.8 Å². The summed E-state index contributed by atoms with van der Waals surface area (Å²) in [5.41, 5.74) is 1.00. The summed E-state index contributed by atoms with van der Waals surface area (Å²) in [4.78, 5) is 0. The second-order valence-electron chi connectivity index (χ2n) is 4.54. The molecule has 1 aliphatic rings. The van der Waals surface area contributed by atoms with Gasteiger partial charge in [0.15, 0.2) is 0 Å². The lowest BCUT2D eigenvalue weighted by atomic mass is 9.97. The lowest BCUT2D eigenvalue weighted by Gasteiger charge is -2.07. The largest absolute Gasteiger partial charge is 0.0882 e. The average molecular weight is 152 g/mol. The highest BCUT2D eigenvalue weighted by Crippen LogP contribution is 2.69. The Bertz CT molecular complexity index is 176. The molecule has 0 saturated heterocycles. The highest BCUT2D eigenvalue weighted by molar-refractivity contribution is 5.22. The van der Waals surface area contributed by atoms with Crippen molar-refractivity contribution in [3.63, 3.8) is 0 Å². The van der Waals surface area contributed by atoms with Crippen molar-refractivity contribution in [2.75, 3.05) is 0 Å². The van der Waals surface area contributed by atoms with Gasteiger partial charge in [0.25, 0.3) is 0 Å². The van der Waals surface area contributed by atoms with Crippen LogP contribution in [0.2, 0.25) is 0 Å². The van der Waals surface area contributed by atoms with Crippen LogP contribution in [0.25, 0.3) is 0 Å². The molecule has 11 heavy (non-hydrogen) atoms. The molecule has 0 heterocycles. The second kappa shape index (κ2) is 2.36. The zero-order chi connectivity index (χ0) is 8.70. The van der Waals surface area contributed by atoms with Crippen LogP contribution in [0.3, 0.4) is 0 Å². The van der Waals surface area contributed by atoms with Gasteiger partial charge in [0.05, 0.1) is 0 Å². The number of hydrogen-bond donors (Lipinski definition) is 0. The van der Waals surface area contributed by atoms with E-state index in [0.717, 1.165) is 5.92 Å². The molecule has 1 saturated carbocycles. The fourth-order valence-electron chi connectivity index (χ4n) is 2.03. The van der Waals surface area contributed by atoms with Crippen molar-refractivity contribution < 1.29 is 0 Å². The van der Waals surface area contributed by atoms with Gasteiger partial charge >= 0.3 is 0 Å². The van der Waals surface area contributed by atoms with Crippen molar-refractivity contribution >= 4 is 0 Å². The monoisotopic (exact) mass is 152 g/mol. The molecule has 0 nitrogen and oxygen atoms in total. The standard InChI is InChI=1S/C11H20/c1-6-7-8-11(5)9(2)10(11,3)4/h7-9H,6H2,1-5H3. The quantitative estimate of drug-likeness (QED) is 0.530. The third-order valence-electron chi connectivity index (χ3n) is 3.99. The molecule has 0 aliphatic heterocycles. The first-order valence-corrected chi connectivity index (χ1v) is 4.64. The van der Waals surface area contributed by atoms with Gasteiger partial charge in [-0.15, -0.1) is 0 Å². The molecule has 0 amide bonds. The first kappa shape index (κ1) is 8.83. The smallest absolute Gasteiger partial charge is 0.00615 e. The number of hydrogen-bond acceptors (Lipinski definition) is 0. The van der Waals surface area contributed by atoms with E-state index in [1.165, 1.54) is 6.42 Å². The zero-order valence-corrected chi connectivity index (χ0v) is 8.44. The normalized spacial score (nSPS) is 41.4. The van der Waals surface area contributed by atoms with E-state index >= 15 is 0 Å². The third-order valence-corrected chi connectivity index (χ3v) is 3.99. The van der Waals surface area contributed by atoms with Crippen molar-refractivity contribution in [2.24, 2.45) is 16.7 Å². The lowest BCUT2D eigenvalue weighted by Crippen LogP contribution is -1.98. The summed E-state index contributed by atoms with van der Waals surface area (Å²) in [5, 5.41) is 0. The third kappa shape index (κ3) is 1.04. The molecule has 0 aromatic carbocycles. The van der Waals surface area contributed by atoms with E-state index < -0.39 is 0 Å². The van der Waals surface area contributed by atoms with Gasteiger partial charge in [-0.3, -0.25) is 0 Å². The topological polar surface area (TPSA) is 0 Å². The Hall–Kier alpha value is -0.260. The molecule has 0 aromatic heterocycles. The summed E-state index contributed by atoms with van der Waals surface area (Å²) in [7, 11) is 0. The average Bonchev–Trinajstić information content (AvgIpc) is 2.32. The second-order valence-corrected chi connectivity index (χ2v) is 4.54. The minimum absolute atomic E-state index is 0.475. The van der Waals surface area contributed by atoms with Crippen LogP contribution in [0, 0.1) is 16.7 Å². The Labute approximate surface area is 70.7 Å². The fourth-order valence-corrected chi connectivity index (χ4v) is 2.03. The summed E-state index contributed by atoms with van der Waals surface area (Å²) in [6, 6.07) is 0. The van der Waals surface area contributed by atoms with Gasteiger partial charge in [0, 0.05) is 0 Å². The maximum absolute atomic E-state index is 2.40. The Kier molecular flexibility index (Phi) is 1.90. The molecule has 0 aromatic rings. The zero-order valence-electron chi connectivity index (χ0n) is 8.44. The van der Waals surface area contributed by atoms with E-state index in [4.69, 9.17) is 0 Å². The Balaban J connectivity index is 2.67. The molecule has 0 heteroatoms. The van der Waals surface area contributed by atoms with E-state index in [2.05, 4.69) is 46.8 Å². The molecule has 1 fully saturated rings. The van der Waals surface area contributed by atoms with Crippen molar-refractivity contribution in [3.05, 3.63) is 12.2 Å². The van der Waals surface area contributed by atoms with Crippen molar-refractivity contribution in [1.82, 2.24) is 0 Å². The highest BCUT2D eigenvalue weighted by atomic mass is 14.7. The molecule has 0 N–H and O–H groups in total. The Morgan fingerprint density at radius 2 is 1.73 bits per heavy atom. The maximum atomic E-state index is 2.40. The van der Waals surface area contributed by atoms with E-state index in [1.54, 1.807) is 0 Å². The van der Waals surface area contributed by atoms with Crippen LogP contribution in [0.5, 0.6) is 0 Å². The summed E-state index contributed by atoms with van der Waals surface area (Å²) >= 11 is 0. The number of rotatable bonds is 2. The van der Waals surface area contributed by atoms with Crippen LogP contribution in [-0.4, -0.2) is 0 Å². The van der Waals surface area contributed by atoms with Gasteiger partial charge in [0.1, 0.15) is 0 Å². The summed E-state index contributed by atoms with van der Waals surface area (Å²) < 4.78 is 0. The molecule has 0 spiro atoms.